The van der Waals surface area contributed by atoms with E-state index in [2.05, 4.69) is 107 Å². The molecular weight excluding hydrogens is 374 g/mol. The Hall–Kier alpha value is -3.37. The van der Waals surface area contributed by atoms with Crippen LogP contribution in [0.5, 0.6) is 0 Å². The molecule has 0 aliphatic rings. The van der Waals surface area contributed by atoms with Gasteiger partial charge in [-0.3, -0.25) is 4.98 Å². The van der Waals surface area contributed by atoms with E-state index >= 15 is 0 Å². The monoisotopic (exact) mass is 405 g/mol. The van der Waals surface area contributed by atoms with Crippen LogP contribution in [0.15, 0.2) is 61.3 Å². The summed E-state index contributed by atoms with van der Waals surface area (Å²) in [6.45, 7) is 14.9. The maximum Gasteiger partial charge on any atom is 0.0667 e. The fraction of sp³-hybridized carbons (Fsp3) is 0.233. The lowest BCUT2D eigenvalue weighted by molar-refractivity contribution is 0.858. The van der Waals surface area contributed by atoms with Crippen molar-refractivity contribution >= 4 is 17.2 Å². The number of hydrogen-bond donors (Lipinski definition) is 0. The highest BCUT2D eigenvalue weighted by Crippen LogP contribution is 2.29. The molecule has 1 aromatic heterocycles. The van der Waals surface area contributed by atoms with Crippen molar-refractivity contribution in [2.45, 2.75) is 41.0 Å². The van der Waals surface area contributed by atoms with Crippen LogP contribution in [0.3, 0.4) is 0 Å². The summed E-state index contributed by atoms with van der Waals surface area (Å²) in [6, 6.07) is 17.1. The van der Waals surface area contributed by atoms with Crippen LogP contribution in [0.1, 0.15) is 61.2 Å². The summed E-state index contributed by atoms with van der Waals surface area (Å²) in [6.07, 6.45) is 10.7. The molecule has 156 valence electrons. The minimum atomic E-state index is 0.443. The van der Waals surface area contributed by atoms with Gasteiger partial charge in [-0.15, -0.1) is 6.42 Å². The molecule has 0 N–H and O–H groups in total. The van der Waals surface area contributed by atoms with Crippen LogP contribution in [0, 0.1) is 25.2 Å². The van der Waals surface area contributed by atoms with Gasteiger partial charge in [0.15, 0.2) is 0 Å². The highest BCUT2D eigenvalue weighted by Gasteiger charge is 2.10. The summed E-state index contributed by atoms with van der Waals surface area (Å²) in [7, 11) is 0. The van der Waals surface area contributed by atoms with E-state index in [0.717, 1.165) is 34.4 Å². The standard InChI is InChI=1S/C30H31N/c1-8-24-10-15-28(19-25(24)9-2)29-16-17-31-30(23(29)7)18-21(5)26-11-13-27(14-12-26)22(6)20(3)4/h2,10-20H,6,8H2,1,3-5,7H3/b21-18+. The molecule has 3 rings (SSSR count). The minimum absolute atomic E-state index is 0.443. The number of pyridine rings is 1. The van der Waals surface area contributed by atoms with Crippen LogP contribution in [0.25, 0.3) is 28.3 Å². The third-order valence-electron chi connectivity index (χ3n) is 5.96. The average Bonchev–Trinajstić information content (AvgIpc) is 2.79. The fourth-order valence-corrected chi connectivity index (χ4v) is 3.77. The van der Waals surface area contributed by atoms with Crippen molar-refractivity contribution in [3.63, 3.8) is 0 Å². The Morgan fingerprint density at radius 1 is 1.10 bits per heavy atom. The van der Waals surface area contributed by atoms with Crippen LogP contribution in [-0.2, 0) is 6.42 Å². The first-order valence-corrected chi connectivity index (χ1v) is 10.9. The molecule has 0 aliphatic heterocycles. The topological polar surface area (TPSA) is 12.9 Å². The Labute approximate surface area is 187 Å². The van der Waals surface area contributed by atoms with Crippen LogP contribution >= 0.6 is 0 Å². The minimum Gasteiger partial charge on any atom is -0.257 e. The molecule has 2 aromatic carbocycles. The molecule has 0 unspecified atom stereocenters. The normalized spacial score (nSPS) is 11.5. The van der Waals surface area contributed by atoms with Crippen LogP contribution in [-0.4, -0.2) is 4.98 Å². The van der Waals surface area contributed by atoms with Gasteiger partial charge in [0.2, 0.25) is 0 Å². The third kappa shape index (κ3) is 4.86. The van der Waals surface area contributed by atoms with Crippen molar-refractivity contribution in [1.82, 2.24) is 4.98 Å². The van der Waals surface area contributed by atoms with Gasteiger partial charge in [0.25, 0.3) is 0 Å². The Morgan fingerprint density at radius 3 is 2.39 bits per heavy atom. The molecule has 0 atom stereocenters. The fourth-order valence-electron chi connectivity index (χ4n) is 3.77. The molecule has 1 heteroatoms. The van der Waals surface area contributed by atoms with E-state index in [0.29, 0.717) is 5.92 Å². The lowest BCUT2D eigenvalue weighted by Crippen LogP contribution is -1.94. The molecular formula is C30H31N. The maximum atomic E-state index is 5.74. The SMILES string of the molecule is C#Cc1cc(-c2ccnc(/C=C(\C)c3ccc(C(=C)C(C)C)cc3)c2C)ccc1CC. The molecule has 0 saturated carbocycles. The van der Waals surface area contributed by atoms with E-state index in [1.54, 1.807) is 0 Å². The lowest BCUT2D eigenvalue weighted by atomic mass is 9.94. The summed E-state index contributed by atoms with van der Waals surface area (Å²) in [5.41, 5.74) is 11.3. The van der Waals surface area contributed by atoms with Crippen molar-refractivity contribution in [1.29, 1.82) is 0 Å². The zero-order valence-electron chi connectivity index (χ0n) is 19.3. The highest BCUT2D eigenvalue weighted by atomic mass is 14.7. The van der Waals surface area contributed by atoms with E-state index in [-0.39, 0.29) is 0 Å². The van der Waals surface area contributed by atoms with E-state index in [1.165, 1.54) is 27.8 Å². The van der Waals surface area contributed by atoms with Gasteiger partial charge < -0.3 is 0 Å². The van der Waals surface area contributed by atoms with Crippen LogP contribution in [0.4, 0.5) is 0 Å². The molecule has 0 fully saturated rings. The van der Waals surface area contributed by atoms with Gasteiger partial charge in [-0.2, -0.15) is 0 Å². The predicted molar refractivity (Wildman–Crippen MR) is 136 cm³/mol. The summed E-state index contributed by atoms with van der Waals surface area (Å²) >= 11 is 0. The molecule has 0 spiro atoms. The smallest absolute Gasteiger partial charge is 0.0667 e. The molecule has 0 bridgehead atoms. The highest BCUT2D eigenvalue weighted by molar-refractivity contribution is 5.83. The van der Waals surface area contributed by atoms with Crippen LogP contribution in [0.2, 0.25) is 0 Å². The van der Waals surface area contributed by atoms with Gasteiger partial charge in [0, 0.05) is 11.8 Å². The Kier molecular flexibility index (Phi) is 6.93. The van der Waals surface area contributed by atoms with Crippen molar-refractivity contribution in [3.05, 3.63) is 94.8 Å². The Balaban J connectivity index is 1.95. The number of aryl methyl sites for hydroxylation is 1. The quantitative estimate of drug-likeness (QED) is 0.381. The molecule has 1 heterocycles. The Morgan fingerprint density at radius 2 is 1.77 bits per heavy atom. The molecule has 31 heavy (non-hydrogen) atoms. The molecule has 0 aliphatic carbocycles. The third-order valence-corrected chi connectivity index (χ3v) is 5.96. The first-order valence-electron chi connectivity index (χ1n) is 10.9. The molecule has 3 aromatic rings. The summed E-state index contributed by atoms with van der Waals surface area (Å²) < 4.78 is 0. The van der Waals surface area contributed by atoms with Crippen molar-refractivity contribution < 1.29 is 0 Å². The Bertz CT molecular complexity index is 1170. The van der Waals surface area contributed by atoms with E-state index in [4.69, 9.17) is 6.42 Å². The summed E-state index contributed by atoms with van der Waals surface area (Å²) in [4.78, 5) is 4.64. The second-order valence-electron chi connectivity index (χ2n) is 8.32. The number of nitrogens with zero attached hydrogens (tertiary/aromatic N) is 1. The molecule has 0 radical (unpaired) electrons. The van der Waals surface area contributed by atoms with Gasteiger partial charge in [0.05, 0.1) is 5.69 Å². The first-order chi connectivity index (χ1) is 14.8. The van der Waals surface area contributed by atoms with Crippen LogP contribution < -0.4 is 0 Å². The second-order valence-corrected chi connectivity index (χ2v) is 8.32. The van der Waals surface area contributed by atoms with Gasteiger partial charge in [-0.05, 0) is 88.9 Å². The molecule has 0 saturated heterocycles. The number of hydrogen-bond acceptors (Lipinski definition) is 1. The van der Waals surface area contributed by atoms with Gasteiger partial charge in [-0.25, -0.2) is 0 Å². The largest absolute Gasteiger partial charge is 0.257 e. The number of rotatable bonds is 6. The van der Waals surface area contributed by atoms with E-state index < -0.39 is 0 Å². The van der Waals surface area contributed by atoms with Gasteiger partial charge in [0.1, 0.15) is 0 Å². The zero-order chi connectivity index (χ0) is 22.5. The van der Waals surface area contributed by atoms with Crippen molar-refractivity contribution in [3.8, 4) is 23.5 Å². The number of terminal acetylenes is 1. The second kappa shape index (κ2) is 9.63. The van der Waals surface area contributed by atoms with Crippen molar-refractivity contribution in [2.24, 2.45) is 5.92 Å². The summed E-state index contributed by atoms with van der Waals surface area (Å²) in [5.74, 6) is 3.27. The maximum absolute atomic E-state index is 5.74. The van der Waals surface area contributed by atoms with E-state index in [9.17, 15) is 0 Å². The zero-order valence-corrected chi connectivity index (χ0v) is 19.3. The predicted octanol–water partition coefficient (Wildman–Crippen LogP) is 7.83. The average molecular weight is 406 g/mol. The number of aromatic nitrogens is 1. The van der Waals surface area contributed by atoms with E-state index in [1.807, 2.05) is 6.20 Å². The molecule has 1 nitrogen and oxygen atoms in total. The van der Waals surface area contributed by atoms with Crippen molar-refractivity contribution in [2.75, 3.05) is 0 Å². The van der Waals surface area contributed by atoms with Gasteiger partial charge >= 0.3 is 0 Å². The summed E-state index contributed by atoms with van der Waals surface area (Å²) in [5, 5.41) is 0. The number of benzene rings is 2. The first kappa shape index (κ1) is 22.3. The molecule has 0 amide bonds. The number of allylic oxidation sites excluding steroid dienone is 2. The van der Waals surface area contributed by atoms with Gasteiger partial charge in [-0.1, -0.05) is 69.7 Å². The lowest BCUT2D eigenvalue weighted by Gasteiger charge is -2.12.